The molecule has 0 aromatic heterocycles. The van der Waals surface area contributed by atoms with Crippen molar-refractivity contribution in [3.05, 3.63) is 65.7 Å². The zero-order chi connectivity index (χ0) is 16.2. The fourth-order valence-corrected chi connectivity index (χ4v) is 3.08. The highest BCUT2D eigenvalue weighted by Gasteiger charge is 2.28. The van der Waals surface area contributed by atoms with Crippen molar-refractivity contribution in [3.63, 3.8) is 0 Å². The molecular weight excluding hydrogens is 312 g/mol. The highest BCUT2D eigenvalue weighted by Crippen LogP contribution is 2.25. The average molecular weight is 325 g/mol. The molecule has 1 aliphatic heterocycles. The number of para-hydroxylation sites is 1. The van der Waals surface area contributed by atoms with Crippen molar-refractivity contribution in [2.75, 3.05) is 5.75 Å². The van der Waals surface area contributed by atoms with Crippen LogP contribution in [0.2, 0.25) is 0 Å². The number of carboxylic acid groups (broad SMARTS) is 1. The number of carboxylic acids is 1. The standard InChI is InChI=1S/C17H14N2O3S/c20-15-11-23-17(18-14-4-2-1-3-5-14)19(15)10-12-6-8-13(9-7-12)16(21)22/h1-9H,10-11H2,(H,21,22)/p-1. The molecule has 6 heteroatoms. The van der Waals surface area contributed by atoms with Gasteiger partial charge in [-0.3, -0.25) is 9.69 Å². The first-order chi connectivity index (χ1) is 11.1. The van der Waals surface area contributed by atoms with Crippen molar-refractivity contribution >= 4 is 34.5 Å². The van der Waals surface area contributed by atoms with E-state index < -0.39 is 5.97 Å². The van der Waals surface area contributed by atoms with Crippen LogP contribution in [0.25, 0.3) is 0 Å². The number of benzene rings is 2. The first-order valence-corrected chi connectivity index (χ1v) is 7.99. The van der Waals surface area contributed by atoms with Crippen LogP contribution in [0.5, 0.6) is 0 Å². The minimum Gasteiger partial charge on any atom is -0.545 e. The molecule has 0 spiro atoms. The third kappa shape index (κ3) is 3.60. The second kappa shape index (κ2) is 6.66. The van der Waals surface area contributed by atoms with Crippen molar-refractivity contribution in [2.45, 2.75) is 6.54 Å². The lowest BCUT2D eigenvalue weighted by molar-refractivity contribution is -0.255. The Kier molecular flexibility index (Phi) is 4.43. The molecule has 2 aromatic rings. The van der Waals surface area contributed by atoms with Gasteiger partial charge in [-0.05, 0) is 23.3 Å². The molecule has 0 bridgehead atoms. The van der Waals surface area contributed by atoms with Crippen LogP contribution in [-0.2, 0) is 11.3 Å². The molecule has 0 N–H and O–H groups in total. The highest BCUT2D eigenvalue weighted by molar-refractivity contribution is 8.15. The van der Waals surface area contributed by atoms with Crippen LogP contribution in [0.1, 0.15) is 15.9 Å². The Labute approximate surface area is 137 Å². The molecule has 0 saturated carbocycles. The van der Waals surface area contributed by atoms with Gasteiger partial charge in [0, 0.05) is 0 Å². The van der Waals surface area contributed by atoms with E-state index in [1.807, 2.05) is 30.3 Å². The average Bonchev–Trinajstić information content (AvgIpc) is 2.89. The number of aliphatic imine (C=N–C) groups is 1. The van der Waals surface area contributed by atoms with Gasteiger partial charge in [0.15, 0.2) is 5.17 Å². The summed E-state index contributed by atoms with van der Waals surface area (Å²) in [4.78, 5) is 29.0. The van der Waals surface area contributed by atoms with Gasteiger partial charge < -0.3 is 9.90 Å². The van der Waals surface area contributed by atoms with Gasteiger partial charge in [-0.25, -0.2) is 4.99 Å². The second-order valence-electron chi connectivity index (χ2n) is 4.98. The van der Waals surface area contributed by atoms with E-state index in [9.17, 15) is 14.7 Å². The Balaban J connectivity index is 1.80. The Morgan fingerprint density at radius 3 is 2.48 bits per heavy atom. The maximum absolute atomic E-state index is 12.1. The van der Waals surface area contributed by atoms with E-state index in [0.29, 0.717) is 17.5 Å². The van der Waals surface area contributed by atoms with Crippen LogP contribution >= 0.6 is 11.8 Å². The minimum absolute atomic E-state index is 0.00587. The first kappa shape index (κ1) is 15.3. The third-order valence-electron chi connectivity index (χ3n) is 3.37. The summed E-state index contributed by atoms with van der Waals surface area (Å²) in [7, 11) is 0. The summed E-state index contributed by atoms with van der Waals surface area (Å²) < 4.78 is 0. The Morgan fingerprint density at radius 1 is 1.13 bits per heavy atom. The van der Waals surface area contributed by atoms with Gasteiger partial charge in [0.25, 0.3) is 0 Å². The van der Waals surface area contributed by atoms with Gasteiger partial charge >= 0.3 is 0 Å². The van der Waals surface area contributed by atoms with E-state index in [-0.39, 0.29) is 11.5 Å². The normalized spacial score (nSPS) is 16.1. The van der Waals surface area contributed by atoms with E-state index in [0.717, 1.165) is 11.3 Å². The number of amidine groups is 1. The van der Waals surface area contributed by atoms with Gasteiger partial charge in [0.05, 0.1) is 24.0 Å². The van der Waals surface area contributed by atoms with Gasteiger partial charge in [-0.15, -0.1) is 0 Å². The summed E-state index contributed by atoms with van der Waals surface area (Å²) in [5, 5.41) is 11.4. The van der Waals surface area contributed by atoms with Crippen LogP contribution in [0.4, 0.5) is 5.69 Å². The van der Waals surface area contributed by atoms with Crippen molar-refractivity contribution in [2.24, 2.45) is 4.99 Å². The topological polar surface area (TPSA) is 72.8 Å². The van der Waals surface area contributed by atoms with Crippen molar-refractivity contribution < 1.29 is 14.7 Å². The lowest BCUT2D eigenvalue weighted by Crippen LogP contribution is -2.29. The Morgan fingerprint density at radius 2 is 1.83 bits per heavy atom. The largest absolute Gasteiger partial charge is 0.545 e. The monoisotopic (exact) mass is 325 g/mol. The minimum atomic E-state index is -1.21. The van der Waals surface area contributed by atoms with Crippen LogP contribution < -0.4 is 5.11 Å². The van der Waals surface area contributed by atoms with Crippen LogP contribution in [0, 0.1) is 0 Å². The van der Waals surface area contributed by atoms with Crippen LogP contribution in [-0.4, -0.2) is 27.7 Å². The molecule has 1 heterocycles. The number of rotatable bonds is 4. The Hall–Kier alpha value is -2.60. The number of hydrogen-bond acceptors (Lipinski definition) is 5. The molecule has 0 atom stereocenters. The predicted molar refractivity (Wildman–Crippen MR) is 87.3 cm³/mol. The van der Waals surface area contributed by atoms with E-state index >= 15 is 0 Å². The number of hydrogen-bond donors (Lipinski definition) is 0. The second-order valence-corrected chi connectivity index (χ2v) is 5.93. The van der Waals surface area contributed by atoms with Gasteiger partial charge in [-0.1, -0.05) is 54.2 Å². The molecule has 5 nitrogen and oxygen atoms in total. The molecule has 0 aliphatic carbocycles. The van der Waals surface area contributed by atoms with Crippen LogP contribution in [0.3, 0.4) is 0 Å². The fourth-order valence-electron chi connectivity index (χ4n) is 2.18. The van der Waals surface area contributed by atoms with Crippen molar-refractivity contribution in [3.8, 4) is 0 Å². The number of carbonyl (C=O) groups is 2. The zero-order valence-corrected chi connectivity index (χ0v) is 13.0. The summed E-state index contributed by atoms with van der Waals surface area (Å²) in [5.74, 6) is -0.854. The molecule has 1 amide bonds. The number of amides is 1. The molecular formula is C17H13N2O3S-. The molecule has 23 heavy (non-hydrogen) atoms. The summed E-state index contributed by atoms with van der Waals surface area (Å²) in [6.07, 6.45) is 0. The molecule has 1 saturated heterocycles. The van der Waals surface area contributed by atoms with Gasteiger partial charge in [0.1, 0.15) is 0 Å². The molecule has 1 fully saturated rings. The molecule has 116 valence electrons. The number of aromatic carboxylic acids is 1. The zero-order valence-electron chi connectivity index (χ0n) is 12.1. The predicted octanol–water partition coefficient (Wildman–Crippen LogP) is 1.81. The molecule has 0 radical (unpaired) electrons. The SMILES string of the molecule is O=C([O-])c1ccc(CN2C(=O)CSC2=Nc2ccccc2)cc1. The molecule has 2 aromatic carbocycles. The van der Waals surface area contributed by atoms with Crippen LogP contribution in [0.15, 0.2) is 59.6 Å². The summed E-state index contributed by atoms with van der Waals surface area (Å²) >= 11 is 1.40. The van der Waals surface area contributed by atoms with E-state index in [2.05, 4.69) is 4.99 Å². The third-order valence-corrected chi connectivity index (χ3v) is 4.33. The van der Waals surface area contributed by atoms with Gasteiger partial charge in [0.2, 0.25) is 5.91 Å². The number of thioether (sulfide) groups is 1. The Bertz CT molecular complexity index is 757. The lowest BCUT2D eigenvalue weighted by atomic mass is 10.1. The quantitative estimate of drug-likeness (QED) is 0.859. The maximum Gasteiger partial charge on any atom is 0.239 e. The molecule has 0 unspecified atom stereocenters. The van der Waals surface area contributed by atoms with E-state index in [1.165, 1.54) is 23.9 Å². The molecule has 3 rings (SSSR count). The first-order valence-electron chi connectivity index (χ1n) is 7.00. The summed E-state index contributed by atoms with van der Waals surface area (Å²) in [6.45, 7) is 0.366. The number of carbonyl (C=O) groups excluding carboxylic acids is 2. The van der Waals surface area contributed by atoms with Crippen molar-refractivity contribution in [1.29, 1.82) is 0 Å². The van der Waals surface area contributed by atoms with Crippen molar-refractivity contribution in [1.82, 2.24) is 4.90 Å². The summed E-state index contributed by atoms with van der Waals surface area (Å²) in [6, 6.07) is 15.8. The maximum atomic E-state index is 12.1. The van der Waals surface area contributed by atoms with Gasteiger partial charge in [-0.2, -0.15) is 0 Å². The molecule has 1 aliphatic rings. The summed E-state index contributed by atoms with van der Waals surface area (Å²) in [5.41, 5.74) is 1.75. The fraction of sp³-hybridized carbons (Fsp3) is 0.118. The lowest BCUT2D eigenvalue weighted by Gasteiger charge is -2.16. The van der Waals surface area contributed by atoms with E-state index in [1.54, 1.807) is 17.0 Å². The number of nitrogens with zero attached hydrogens (tertiary/aromatic N) is 2. The van der Waals surface area contributed by atoms with E-state index in [4.69, 9.17) is 0 Å². The highest BCUT2D eigenvalue weighted by atomic mass is 32.2. The smallest absolute Gasteiger partial charge is 0.239 e.